The zero-order valence-electron chi connectivity index (χ0n) is 8.33. The zero-order chi connectivity index (χ0) is 9.42. The Labute approximate surface area is 78.2 Å². The van der Waals surface area contributed by atoms with Gasteiger partial charge in [0.25, 0.3) is 0 Å². The number of fused-ring (bicyclic) bond motifs is 1. The van der Waals surface area contributed by atoms with Gasteiger partial charge in [0.05, 0.1) is 11.0 Å². The van der Waals surface area contributed by atoms with Crippen molar-refractivity contribution >= 4 is 11.0 Å². The number of rotatable bonds is 1. The summed E-state index contributed by atoms with van der Waals surface area (Å²) in [6.45, 7) is 4.24. The monoisotopic (exact) mass is 174 g/mol. The first kappa shape index (κ1) is 8.30. The molecule has 0 radical (unpaired) electrons. The van der Waals surface area contributed by atoms with Crippen LogP contribution in [-0.4, -0.2) is 9.55 Å². The topological polar surface area (TPSA) is 17.8 Å². The summed E-state index contributed by atoms with van der Waals surface area (Å²) in [6.07, 6.45) is 0.990. The molecule has 0 aliphatic heterocycles. The van der Waals surface area contributed by atoms with Gasteiger partial charge >= 0.3 is 0 Å². The molecule has 0 bridgehead atoms. The van der Waals surface area contributed by atoms with Crippen molar-refractivity contribution in [3.05, 3.63) is 29.6 Å². The predicted octanol–water partition coefficient (Wildman–Crippen LogP) is 2.44. The lowest BCUT2D eigenvalue weighted by Gasteiger charge is -1.98. The Morgan fingerprint density at radius 2 is 2.15 bits per heavy atom. The van der Waals surface area contributed by atoms with E-state index in [-0.39, 0.29) is 0 Å². The van der Waals surface area contributed by atoms with E-state index in [1.54, 1.807) is 0 Å². The Kier molecular flexibility index (Phi) is 1.83. The van der Waals surface area contributed by atoms with E-state index in [9.17, 15) is 0 Å². The molecule has 2 aromatic rings. The van der Waals surface area contributed by atoms with E-state index in [0.29, 0.717) is 0 Å². The van der Waals surface area contributed by atoms with Gasteiger partial charge in [-0.3, -0.25) is 0 Å². The molecule has 2 heteroatoms. The number of nitrogens with zero attached hydrogens (tertiary/aromatic N) is 2. The highest BCUT2D eigenvalue weighted by molar-refractivity contribution is 5.76. The van der Waals surface area contributed by atoms with Crippen LogP contribution in [0.4, 0.5) is 0 Å². The third-order valence-electron chi connectivity index (χ3n) is 2.45. The van der Waals surface area contributed by atoms with Crippen LogP contribution >= 0.6 is 0 Å². The first-order valence-corrected chi connectivity index (χ1v) is 4.64. The van der Waals surface area contributed by atoms with Crippen molar-refractivity contribution in [3.63, 3.8) is 0 Å². The van der Waals surface area contributed by atoms with Crippen LogP contribution in [-0.2, 0) is 13.5 Å². The molecule has 0 spiro atoms. The molecule has 0 unspecified atom stereocenters. The van der Waals surface area contributed by atoms with Crippen LogP contribution in [0, 0.1) is 6.92 Å². The van der Waals surface area contributed by atoms with Gasteiger partial charge in [-0.1, -0.05) is 13.0 Å². The summed E-state index contributed by atoms with van der Waals surface area (Å²) < 4.78 is 2.17. The summed E-state index contributed by atoms with van der Waals surface area (Å²) in [5, 5.41) is 0. The average Bonchev–Trinajstić information content (AvgIpc) is 2.44. The first-order chi connectivity index (χ1) is 6.22. The number of benzene rings is 1. The minimum atomic E-state index is 0.990. The molecule has 0 aliphatic carbocycles. The van der Waals surface area contributed by atoms with E-state index < -0.39 is 0 Å². The maximum Gasteiger partial charge on any atom is 0.109 e. The fourth-order valence-corrected chi connectivity index (χ4v) is 1.67. The molecular weight excluding hydrogens is 160 g/mol. The van der Waals surface area contributed by atoms with E-state index in [0.717, 1.165) is 17.8 Å². The molecule has 0 aliphatic rings. The molecule has 0 fully saturated rings. The standard InChI is InChI=1S/C11H14N2/c1-4-11-12-9-6-5-8(2)7-10(9)13(11)3/h5-7H,4H2,1-3H3. The van der Waals surface area contributed by atoms with Crippen LogP contribution < -0.4 is 0 Å². The molecule has 2 nitrogen and oxygen atoms in total. The molecule has 13 heavy (non-hydrogen) atoms. The van der Waals surface area contributed by atoms with E-state index in [1.807, 2.05) is 0 Å². The molecule has 1 aromatic heterocycles. The van der Waals surface area contributed by atoms with E-state index in [2.05, 4.69) is 48.6 Å². The smallest absolute Gasteiger partial charge is 0.109 e. The second-order valence-corrected chi connectivity index (χ2v) is 3.43. The van der Waals surface area contributed by atoms with Crippen molar-refractivity contribution in [2.24, 2.45) is 7.05 Å². The highest BCUT2D eigenvalue weighted by atomic mass is 15.1. The summed E-state index contributed by atoms with van der Waals surface area (Å²) in [7, 11) is 2.08. The maximum atomic E-state index is 4.53. The van der Waals surface area contributed by atoms with Crippen molar-refractivity contribution in [2.45, 2.75) is 20.3 Å². The van der Waals surface area contributed by atoms with Gasteiger partial charge in [0.1, 0.15) is 5.82 Å². The van der Waals surface area contributed by atoms with Crippen molar-refractivity contribution in [1.29, 1.82) is 0 Å². The summed E-state index contributed by atoms with van der Waals surface area (Å²) in [6, 6.07) is 6.38. The minimum absolute atomic E-state index is 0.990. The van der Waals surface area contributed by atoms with E-state index in [1.165, 1.54) is 11.1 Å². The van der Waals surface area contributed by atoms with Gasteiger partial charge in [0.15, 0.2) is 0 Å². The van der Waals surface area contributed by atoms with Gasteiger partial charge in [0.2, 0.25) is 0 Å². The average molecular weight is 174 g/mol. The number of aromatic nitrogens is 2. The number of aryl methyl sites for hydroxylation is 3. The molecule has 0 N–H and O–H groups in total. The van der Waals surface area contributed by atoms with E-state index in [4.69, 9.17) is 0 Å². The number of imidazole rings is 1. The lowest BCUT2D eigenvalue weighted by molar-refractivity contribution is 0.829. The highest BCUT2D eigenvalue weighted by Gasteiger charge is 2.04. The molecule has 1 heterocycles. The molecule has 68 valence electrons. The second kappa shape index (κ2) is 2.87. The molecular formula is C11H14N2. The zero-order valence-corrected chi connectivity index (χ0v) is 8.33. The first-order valence-electron chi connectivity index (χ1n) is 4.64. The van der Waals surface area contributed by atoms with Gasteiger partial charge in [-0.05, 0) is 24.6 Å². The third kappa shape index (κ3) is 1.22. The molecule has 2 rings (SSSR count). The Balaban J connectivity index is 2.77. The normalized spacial score (nSPS) is 11.0. The fourth-order valence-electron chi connectivity index (χ4n) is 1.67. The minimum Gasteiger partial charge on any atom is -0.331 e. The van der Waals surface area contributed by atoms with Gasteiger partial charge < -0.3 is 4.57 Å². The Hall–Kier alpha value is -1.31. The molecule has 0 saturated heterocycles. The molecule has 0 amide bonds. The predicted molar refractivity (Wildman–Crippen MR) is 54.8 cm³/mol. The Morgan fingerprint density at radius 1 is 1.38 bits per heavy atom. The van der Waals surface area contributed by atoms with Crippen molar-refractivity contribution < 1.29 is 0 Å². The lowest BCUT2D eigenvalue weighted by atomic mass is 10.2. The van der Waals surface area contributed by atoms with Gasteiger partial charge in [-0.25, -0.2) is 4.98 Å². The Bertz CT molecular complexity index is 441. The Morgan fingerprint density at radius 3 is 2.85 bits per heavy atom. The van der Waals surface area contributed by atoms with E-state index >= 15 is 0 Å². The second-order valence-electron chi connectivity index (χ2n) is 3.43. The highest BCUT2D eigenvalue weighted by Crippen LogP contribution is 2.16. The van der Waals surface area contributed by atoms with Crippen molar-refractivity contribution in [2.75, 3.05) is 0 Å². The SMILES string of the molecule is CCc1nc2ccc(C)cc2n1C. The number of hydrogen-bond donors (Lipinski definition) is 0. The molecule has 0 atom stereocenters. The third-order valence-corrected chi connectivity index (χ3v) is 2.45. The summed E-state index contributed by atoms with van der Waals surface area (Å²) in [5.41, 5.74) is 3.62. The van der Waals surface area contributed by atoms with Gasteiger partial charge in [0, 0.05) is 13.5 Å². The summed E-state index contributed by atoms with van der Waals surface area (Å²) in [4.78, 5) is 4.53. The van der Waals surface area contributed by atoms with Crippen LogP contribution in [0.2, 0.25) is 0 Å². The van der Waals surface area contributed by atoms with Crippen LogP contribution in [0.15, 0.2) is 18.2 Å². The summed E-state index contributed by atoms with van der Waals surface area (Å²) in [5.74, 6) is 1.15. The van der Waals surface area contributed by atoms with Crippen molar-refractivity contribution in [1.82, 2.24) is 9.55 Å². The van der Waals surface area contributed by atoms with Gasteiger partial charge in [-0.2, -0.15) is 0 Å². The van der Waals surface area contributed by atoms with Crippen molar-refractivity contribution in [3.8, 4) is 0 Å². The van der Waals surface area contributed by atoms with Crippen LogP contribution in [0.3, 0.4) is 0 Å². The molecule has 0 saturated carbocycles. The maximum absolute atomic E-state index is 4.53. The quantitative estimate of drug-likeness (QED) is 0.649. The van der Waals surface area contributed by atoms with Gasteiger partial charge in [-0.15, -0.1) is 0 Å². The lowest BCUT2D eigenvalue weighted by Crippen LogP contribution is -1.94. The fraction of sp³-hybridized carbons (Fsp3) is 0.364. The van der Waals surface area contributed by atoms with Crippen LogP contribution in [0.1, 0.15) is 18.3 Å². The molecule has 1 aromatic carbocycles. The van der Waals surface area contributed by atoms with Crippen LogP contribution in [0.25, 0.3) is 11.0 Å². The number of hydrogen-bond acceptors (Lipinski definition) is 1. The summed E-state index contributed by atoms with van der Waals surface area (Å²) >= 11 is 0. The van der Waals surface area contributed by atoms with Crippen LogP contribution in [0.5, 0.6) is 0 Å². The largest absolute Gasteiger partial charge is 0.331 e.